The maximum atomic E-state index is 12.6. The number of carbonyl (C=O) groups is 3. The quantitative estimate of drug-likeness (QED) is 0.500. The Morgan fingerprint density at radius 3 is 2.62 bits per heavy atom. The normalized spacial score (nSPS) is 18.2. The molecule has 1 aromatic carbocycles. The van der Waals surface area contributed by atoms with E-state index in [1.807, 2.05) is 0 Å². The van der Waals surface area contributed by atoms with Crippen molar-refractivity contribution in [2.45, 2.75) is 19.0 Å². The second-order valence-corrected chi connectivity index (χ2v) is 5.70. The van der Waals surface area contributed by atoms with Crippen molar-refractivity contribution < 1.29 is 27.6 Å². The lowest BCUT2D eigenvalue weighted by Crippen LogP contribution is -2.36. The molecule has 24 heavy (non-hydrogen) atoms. The summed E-state index contributed by atoms with van der Waals surface area (Å²) >= 11 is 0. The zero-order chi connectivity index (χ0) is 17.9. The van der Waals surface area contributed by atoms with E-state index in [1.165, 1.54) is 18.0 Å². The van der Waals surface area contributed by atoms with Crippen LogP contribution in [0.3, 0.4) is 0 Å². The molecule has 0 radical (unpaired) electrons. The van der Waals surface area contributed by atoms with Crippen LogP contribution in [0.1, 0.15) is 17.5 Å². The molecule has 1 atom stereocenters. The Labute approximate surface area is 136 Å². The molecule has 0 saturated carbocycles. The molecule has 0 aliphatic carbocycles. The third-order valence-corrected chi connectivity index (χ3v) is 3.84. The zero-order valence-electron chi connectivity index (χ0n) is 13.0. The van der Waals surface area contributed by atoms with E-state index in [2.05, 4.69) is 5.32 Å². The van der Waals surface area contributed by atoms with Crippen LogP contribution in [0.25, 0.3) is 0 Å². The molecule has 8 heteroatoms. The molecule has 0 spiro atoms. The van der Waals surface area contributed by atoms with Crippen molar-refractivity contribution in [2.24, 2.45) is 5.92 Å². The first-order valence-corrected chi connectivity index (χ1v) is 7.43. The van der Waals surface area contributed by atoms with E-state index in [-0.39, 0.29) is 13.1 Å². The topological polar surface area (TPSA) is 66.5 Å². The summed E-state index contributed by atoms with van der Waals surface area (Å²) in [5, 5.41) is 2.55. The summed E-state index contributed by atoms with van der Waals surface area (Å²) < 4.78 is 37.8. The van der Waals surface area contributed by atoms with Crippen molar-refractivity contribution in [3.05, 3.63) is 35.4 Å². The molecule has 1 heterocycles. The number of nitrogens with zero attached hydrogens (tertiary/aromatic N) is 1. The van der Waals surface area contributed by atoms with Gasteiger partial charge in [0.15, 0.2) is 0 Å². The van der Waals surface area contributed by atoms with Gasteiger partial charge in [-0.1, -0.05) is 18.2 Å². The van der Waals surface area contributed by atoms with Crippen LogP contribution < -0.4 is 5.32 Å². The van der Waals surface area contributed by atoms with E-state index in [4.69, 9.17) is 0 Å². The Kier molecular flexibility index (Phi) is 5.26. The molecule has 130 valence electrons. The van der Waals surface area contributed by atoms with E-state index in [1.54, 1.807) is 6.07 Å². The lowest BCUT2D eigenvalue weighted by Gasteiger charge is -2.11. The van der Waals surface area contributed by atoms with Gasteiger partial charge >= 0.3 is 6.18 Å². The number of aryl methyl sites for hydroxylation is 1. The van der Waals surface area contributed by atoms with Crippen LogP contribution in [0.4, 0.5) is 13.2 Å². The van der Waals surface area contributed by atoms with E-state index >= 15 is 0 Å². The summed E-state index contributed by atoms with van der Waals surface area (Å²) in [5.74, 6) is -2.94. The SMILES string of the molecule is CN1CC(C(=O)NCCCc2cccc(C(F)(F)F)c2)C(=O)C1=O. The van der Waals surface area contributed by atoms with Crippen molar-refractivity contribution in [1.29, 1.82) is 0 Å². The second kappa shape index (κ2) is 7.02. The lowest BCUT2D eigenvalue weighted by atomic mass is 10.1. The molecule has 1 fully saturated rings. The van der Waals surface area contributed by atoms with E-state index in [9.17, 15) is 27.6 Å². The summed E-state index contributed by atoms with van der Waals surface area (Å²) in [5.41, 5.74) is -0.187. The highest BCUT2D eigenvalue weighted by Crippen LogP contribution is 2.29. The Bertz CT molecular complexity index is 658. The minimum atomic E-state index is -4.38. The maximum Gasteiger partial charge on any atom is 0.416 e. The number of hydrogen-bond donors (Lipinski definition) is 1. The highest BCUT2D eigenvalue weighted by Gasteiger charge is 2.41. The van der Waals surface area contributed by atoms with Gasteiger partial charge in [0.25, 0.3) is 5.91 Å². The van der Waals surface area contributed by atoms with E-state index in [0.29, 0.717) is 18.4 Å². The van der Waals surface area contributed by atoms with Gasteiger partial charge < -0.3 is 10.2 Å². The lowest BCUT2D eigenvalue weighted by molar-refractivity contribution is -0.142. The maximum absolute atomic E-state index is 12.6. The predicted molar refractivity (Wildman–Crippen MR) is 78.9 cm³/mol. The van der Waals surface area contributed by atoms with Gasteiger partial charge in [0.2, 0.25) is 11.7 Å². The number of benzene rings is 1. The van der Waals surface area contributed by atoms with Crippen LogP contribution in [-0.4, -0.2) is 42.6 Å². The Balaban J connectivity index is 1.80. The first-order valence-electron chi connectivity index (χ1n) is 7.43. The van der Waals surface area contributed by atoms with Gasteiger partial charge in [-0.2, -0.15) is 13.2 Å². The molecule has 0 bridgehead atoms. The number of hydrogen-bond acceptors (Lipinski definition) is 3. The number of Topliss-reactive ketones (excluding diaryl/α,β-unsaturated/α-hetero) is 1. The fourth-order valence-corrected chi connectivity index (χ4v) is 2.51. The van der Waals surface area contributed by atoms with Crippen molar-refractivity contribution in [2.75, 3.05) is 20.1 Å². The average Bonchev–Trinajstić information content (AvgIpc) is 2.78. The molecule has 2 amide bonds. The van der Waals surface area contributed by atoms with Crippen LogP contribution in [0, 0.1) is 5.92 Å². The smallest absolute Gasteiger partial charge is 0.355 e. The monoisotopic (exact) mass is 342 g/mol. The Morgan fingerprint density at radius 2 is 2.04 bits per heavy atom. The molecule has 1 aliphatic rings. The molecule has 1 saturated heterocycles. The van der Waals surface area contributed by atoms with Crippen LogP contribution >= 0.6 is 0 Å². The number of rotatable bonds is 5. The molecule has 0 aromatic heterocycles. The van der Waals surface area contributed by atoms with E-state index in [0.717, 1.165) is 12.1 Å². The summed E-state index contributed by atoms with van der Waals surface area (Å²) in [6, 6.07) is 5.01. The molecule has 1 N–H and O–H groups in total. The fourth-order valence-electron chi connectivity index (χ4n) is 2.51. The molecule has 1 unspecified atom stereocenters. The first kappa shape index (κ1) is 18.0. The number of nitrogens with one attached hydrogen (secondary N) is 1. The Morgan fingerprint density at radius 1 is 1.33 bits per heavy atom. The molecule has 1 aliphatic heterocycles. The first-order chi connectivity index (χ1) is 11.2. The van der Waals surface area contributed by atoms with Crippen molar-refractivity contribution >= 4 is 17.6 Å². The molecule has 2 rings (SSSR count). The largest absolute Gasteiger partial charge is 0.416 e. The number of likely N-dealkylation sites (tertiary alicyclic amines) is 1. The van der Waals surface area contributed by atoms with Gasteiger partial charge in [-0.15, -0.1) is 0 Å². The van der Waals surface area contributed by atoms with Crippen LogP contribution in [0.2, 0.25) is 0 Å². The minimum Gasteiger partial charge on any atom is -0.355 e. The Hall–Kier alpha value is -2.38. The van der Waals surface area contributed by atoms with Crippen LogP contribution in [0.15, 0.2) is 24.3 Å². The number of halogens is 3. The standard InChI is InChI=1S/C16H17F3N2O3/c1-21-9-12(13(22)15(21)24)14(23)20-7-3-5-10-4-2-6-11(8-10)16(17,18)19/h2,4,6,8,12H,3,5,7,9H2,1H3,(H,20,23). The highest BCUT2D eigenvalue weighted by atomic mass is 19.4. The van der Waals surface area contributed by atoms with Gasteiger partial charge in [-0.3, -0.25) is 14.4 Å². The highest BCUT2D eigenvalue weighted by molar-refractivity contribution is 6.42. The van der Waals surface area contributed by atoms with Gasteiger partial charge in [0.05, 0.1) is 5.56 Å². The summed E-state index contributed by atoms with van der Waals surface area (Å²) in [4.78, 5) is 36.0. The second-order valence-electron chi connectivity index (χ2n) is 5.70. The average molecular weight is 342 g/mol. The number of amides is 2. The van der Waals surface area contributed by atoms with Gasteiger partial charge in [-0.25, -0.2) is 0 Å². The molecule has 5 nitrogen and oxygen atoms in total. The number of ketones is 1. The van der Waals surface area contributed by atoms with Gasteiger partial charge in [0, 0.05) is 20.1 Å². The van der Waals surface area contributed by atoms with Crippen LogP contribution in [0.5, 0.6) is 0 Å². The van der Waals surface area contributed by atoms with E-state index < -0.39 is 35.3 Å². The summed E-state index contributed by atoms with van der Waals surface area (Å²) in [7, 11) is 1.45. The predicted octanol–water partition coefficient (Wildman–Crippen LogP) is 1.41. The number of carbonyl (C=O) groups excluding carboxylic acids is 3. The van der Waals surface area contributed by atoms with Crippen molar-refractivity contribution in [3.63, 3.8) is 0 Å². The molecule has 1 aromatic rings. The number of alkyl halides is 3. The summed E-state index contributed by atoms with van der Waals surface area (Å²) in [6.07, 6.45) is -3.59. The zero-order valence-corrected chi connectivity index (χ0v) is 13.0. The third kappa shape index (κ3) is 4.12. The fraction of sp³-hybridized carbons (Fsp3) is 0.438. The summed E-state index contributed by atoms with van der Waals surface area (Å²) in [6.45, 7) is 0.272. The van der Waals surface area contributed by atoms with Crippen LogP contribution in [-0.2, 0) is 27.0 Å². The third-order valence-electron chi connectivity index (χ3n) is 3.84. The number of likely N-dealkylation sites (N-methyl/N-ethyl adjacent to an activating group) is 1. The van der Waals surface area contributed by atoms with Gasteiger partial charge in [-0.05, 0) is 24.5 Å². The molecular weight excluding hydrogens is 325 g/mol. The molecular formula is C16H17F3N2O3. The minimum absolute atomic E-state index is 0.0527. The van der Waals surface area contributed by atoms with Crippen molar-refractivity contribution in [1.82, 2.24) is 10.2 Å². The van der Waals surface area contributed by atoms with Gasteiger partial charge in [0.1, 0.15) is 5.92 Å². The van der Waals surface area contributed by atoms with Crippen molar-refractivity contribution in [3.8, 4) is 0 Å².